The van der Waals surface area contributed by atoms with Gasteiger partial charge in [0.25, 0.3) is 5.56 Å². The standard InChI is InChI=1S/C9H10N2O3/c1-7(13)10-8-2-3-9(14)11(6-8)4-5-12/h2-3,5-6H,4H2,1H3,(H,10,13). The molecule has 1 aromatic heterocycles. The number of anilines is 1. The highest BCUT2D eigenvalue weighted by atomic mass is 16.1. The quantitative estimate of drug-likeness (QED) is 0.689. The molecule has 1 aromatic rings. The largest absolute Gasteiger partial charge is 0.325 e. The molecular weight excluding hydrogens is 184 g/mol. The van der Waals surface area contributed by atoms with Crippen molar-refractivity contribution in [2.75, 3.05) is 5.32 Å². The molecule has 0 aliphatic carbocycles. The van der Waals surface area contributed by atoms with Crippen LogP contribution in [0.3, 0.4) is 0 Å². The van der Waals surface area contributed by atoms with Gasteiger partial charge in [-0.05, 0) is 6.07 Å². The van der Waals surface area contributed by atoms with Crippen LogP contribution < -0.4 is 10.9 Å². The summed E-state index contributed by atoms with van der Waals surface area (Å²) in [5, 5.41) is 2.52. The number of amides is 1. The van der Waals surface area contributed by atoms with E-state index in [0.717, 1.165) is 0 Å². The predicted octanol–water partition coefficient (Wildman–Crippen LogP) is 0.00560. The molecule has 0 bridgehead atoms. The average Bonchev–Trinajstić information content (AvgIpc) is 2.10. The Kier molecular flexibility index (Phi) is 3.17. The first kappa shape index (κ1) is 10.2. The molecule has 0 aromatic carbocycles. The number of nitrogens with zero attached hydrogens (tertiary/aromatic N) is 1. The fourth-order valence-corrected chi connectivity index (χ4v) is 1.03. The molecular formula is C9H10N2O3. The monoisotopic (exact) mass is 194 g/mol. The van der Waals surface area contributed by atoms with Crippen LogP contribution in [0.25, 0.3) is 0 Å². The summed E-state index contributed by atoms with van der Waals surface area (Å²) in [7, 11) is 0. The third-order valence-electron chi connectivity index (χ3n) is 1.58. The van der Waals surface area contributed by atoms with E-state index in [4.69, 9.17) is 0 Å². The van der Waals surface area contributed by atoms with E-state index < -0.39 is 0 Å². The minimum atomic E-state index is -0.272. The molecule has 0 atom stereocenters. The van der Waals surface area contributed by atoms with Crippen LogP contribution >= 0.6 is 0 Å². The maximum Gasteiger partial charge on any atom is 0.251 e. The first-order valence-electron chi connectivity index (χ1n) is 4.05. The highest BCUT2D eigenvalue weighted by Crippen LogP contribution is 2.02. The smallest absolute Gasteiger partial charge is 0.251 e. The fourth-order valence-electron chi connectivity index (χ4n) is 1.03. The van der Waals surface area contributed by atoms with Crippen molar-refractivity contribution in [3.8, 4) is 0 Å². The van der Waals surface area contributed by atoms with Gasteiger partial charge in [-0.1, -0.05) is 0 Å². The lowest BCUT2D eigenvalue weighted by Crippen LogP contribution is -2.20. The molecule has 1 amide bonds. The minimum Gasteiger partial charge on any atom is -0.325 e. The number of hydrogen-bond donors (Lipinski definition) is 1. The molecule has 0 saturated heterocycles. The Morgan fingerprint density at radius 2 is 2.29 bits per heavy atom. The zero-order valence-corrected chi connectivity index (χ0v) is 7.69. The Morgan fingerprint density at radius 1 is 1.57 bits per heavy atom. The van der Waals surface area contributed by atoms with E-state index in [1.807, 2.05) is 0 Å². The van der Waals surface area contributed by atoms with E-state index in [1.165, 1.54) is 29.8 Å². The summed E-state index contributed by atoms with van der Waals surface area (Å²) in [5.41, 5.74) is 0.227. The molecule has 0 fully saturated rings. The van der Waals surface area contributed by atoms with Crippen molar-refractivity contribution in [3.05, 3.63) is 28.7 Å². The Balaban J connectivity index is 2.99. The molecule has 74 valence electrons. The first-order chi connectivity index (χ1) is 6.63. The number of carbonyl (C=O) groups is 2. The van der Waals surface area contributed by atoms with E-state index in [1.54, 1.807) is 0 Å². The third-order valence-corrected chi connectivity index (χ3v) is 1.58. The maximum absolute atomic E-state index is 11.1. The van der Waals surface area contributed by atoms with Gasteiger partial charge in [-0.25, -0.2) is 0 Å². The third kappa shape index (κ3) is 2.55. The zero-order valence-electron chi connectivity index (χ0n) is 7.69. The van der Waals surface area contributed by atoms with Crippen LogP contribution in [0.2, 0.25) is 0 Å². The van der Waals surface area contributed by atoms with Gasteiger partial charge < -0.3 is 14.7 Å². The number of aldehydes is 1. The summed E-state index contributed by atoms with van der Waals surface area (Å²) < 4.78 is 1.22. The molecule has 0 spiro atoms. The van der Waals surface area contributed by atoms with Crippen LogP contribution in [0.4, 0.5) is 5.69 Å². The number of pyridine rings is 1. The summed E-state index contributed by atoms with van der Waals surface area (Å²) in [6, 6.07) is 2.79. The molecule has 1 heterocycles. The number of aromatic nitrogens is 1. The van der Waals surface area contributed by atoms with Crippen molar-refractivity contribution in [1.29, 1.82) is 0 Å². The van der Waals surface area contributed by atoms with Gasteiger partial charge >= 0.3 is 0 Å². The van der Waals surface area contributed by atoms with Gasteiger partial charge in [0.15, 0.2) is 0 Å². The molecule has 0 unspecified atom stereocenters. The van der Waals surface area contributed by atoms with Gasteiger partial charge in [0.2, 0.25) is 5.91 Å². The van der Waals surface area contributed by atoms with Crippen molar-refractivity contribution >= 4 is 17.9 Å². The van der Waals surface area contributed by atoms with Gasteiger partial charge in [0.1, 0.15) is 6.29 Å². The second-order valence-electron chi connectivity index (χ2n) is 2.76. The Morgan fingerprint density at radius 3 is 2.86 bits per heavy atom. The van der Waals surface area contributed by atoms with Gasteiger partial charge in [-0.3, -0.25) is 9.59 Å². The maximum atomic E-state index is 11.1. The van der Waals surface area contributed by atoms with Gasteiger partial charge in [-0.2, -0.15) is 0 Å². The van der Waals surface area contributed by atoms with Crippen LogP contribution in [0, 0.1) is 0 Å². The molecule has 5 nitrogen and oxygen atoms in total. The lowest BCUT2D eigenvalue weighted by Gasteiger charge is -2.04. The minimum absolute atomic E-state index is 0.00768. The van der Waals surface area contributed by atoms with Gasteiger partial charge in [0, 0.05) is 19.2 Å². The Hall–Kier alpha value is -1.91. The van der Waals surface area contributed by atoms with Crippen molar-refractivity contribution < 1.29 is 9.59 Å². The average molecular weight is 194 g/mol. The normalized spacial score (nSPS) is 9.50. The lowest BCUT2D eigenvalue weighted by atomic mass is 10.4. The Labute approximate surface area is 80.4 Å². The van der Waals surface area contributed by atoms with E-state index in [-0.39, 0.29) is 18.0 Å². The molecule has 1 rings (SSSR count). The highest BCUT2D eigenvalue weighted by Gasteiger charge is 1.98. The summed E-state index contributed by atoms with van der Waals surface area (Å²) in [6.45, 7) is 1.36. The molecule has 0 saturated carbocycles. The summed E-state index contributed by atoms with van der Waals surface area (Å²) in [5.74, 6) is -0.221. The summed E-state index contributed by atoms with van der Waals surface area (Å²) >= 11 is 0. The fraction of sp³-hybridized carbons (Fsp3) is 0.222. The van der Waals surface area contributed by atoms with E-state index >= 15 is 0 Å². The molecule has 0 radical (unpaired) electrons. The number of rotatable bonds is 3. The van der Waals surface area contributed by atoms with Gasteiger partial charge in [0.05, 0.1) is 12.2 Å². The predicted molar refractivity (Wildman–Crippen MR) is 51.1 cm³/mol. The Bertz CT molecular complexity index is 409. The lowest BCUT2D eigenvalue weighted by molar-refractivity contribution is -0.114. The number of carbonyl (C=O) groups excluding carboxylic acids is 2. The van der Waals surface area contributed by atoms with Crippen LogP contribution in [0.15, 0.2) is 23.1 Å². The van der Waals surface area contributed by atoms with Crippen molar-refractivity contribution in [3.63, 3.8) is 0 Å². The topological polar surface area (TPSA) is 68.2 Å². The van der Waals surface area contributed by atoms with Crippen molar-refractivity contribution in [1.82, 2.24) is 4.57 Å². The molecule has 14 heavy (non-hydrogen) atoms. The molecule has 0 aliphatic rings. The van der Waals surface area contributed by atoms with Crippen LogP contribution in [0.1, 0.15) is 6.92 Å². The zero-order chi connectivity index (χ0) is 10.6. The second-order valence-corrected chi connectivity index (χ2v) is 2.76. The summed E-state index contributed by atoms with van der Waals surface area (Å²) in [6.07, 6.45) is 2.05. The SMILES string of the molecule is CC(=O)Nc1ccc(=O)n(CC=O)c1. The molecule has 0 aliphatic heterocycles. The summed E-state index contributed by atoms with van der Waals surface area (Å²) in [4.78, 5) is 32.1. The van der Waals surface area contributed by atoms with Crippen LogP contribution in [-0.2, 0) is 16.1 Å². The number of nitrogens with one attached hydrogen (secondary N) is 1. The van der Waals surface area contributed by atoms with Crippen molar-refractivity contribution in [2.45, 2.75) is 13.5 Å². The van der Waals surface area contributed by atoms with E-state index in [2.05, 4.69) is 5.32 Å². The highest BCUT2D eigenvalue weighted by molar-refractivity contribution is 5.88. The van der Waals surface area contributed by atoms with E-state index in [0.29, 0.717) is 12.0 Å². The second kappa shape index (κ2) is 4.36. The van der Waals surface area contributed by atoms with Crippen molar-refractivity contribution in [2.24, 2.45) is 0 Å². The van der Waals surface area contributed by atoms with Gasteiger partial charge in [-0.15, -0.1) is 0 Å². The van der Waals surface area contributed by atoms with E-state index in [9.17, 15) is 14.4 Å². The van der Waals surface area contributed by atoms with Crippen LogP contribution in [0.5, 0.6) is 0 Å². The number of hydrogen-bond acceptors (Lipinski definition) is 3. The first-order valence-corrected chi connectivity index (χ1v) is 4.05. The molecule has 5 heteroatoms. The molecule has 1 N–H and O–H groups in total. The van der Waals surface area contributed by atoms with Crippen LogP contribution in [-0.4, -0.2) is 16.8 Å².